The van der Waals surface area contributed by atoms with Gasteiger partial charge in [-0.25, -0.2) is 33.1 Å². The Morgan fingerprint density at radius 1 is 0.974 bits per heavy atom. The molecule has 4 heterocycles. The van der Waals surface area contributed by atoms with E-state index in [1.807, 2.05) is 0 Å². The number of phenolic OH excluding ortho intramolecular Hbond substituents is 1. The molecule has 1 saturated carbocycles. The first-order valence-electron chi connectivity index (χ1n) is 13.3. The largest absolute Gasteiger partial charge is 0.507 e. The third kappa shape index (κ3) is 4.22. The highest BCUT2D eigenvalue weighted by Crippen LogP contribution is 2.47. The van der Waals surface area contributed by atoms with Crippen LogP contribution in [0, 0.1) is 44.2 Å². The molecule has 0 spiro atoms. The number of fused-ring (bicyclic) bond motifs is 2. The lowest BCUT2D eigenvalue weighted by molar-refractivity contribution is 0.466. The molecule has 0 bridgehead atoms. The van der Waals surface area contributed by atoms with Crippen molar-refractivity contribution in [3.05, 3.63) is 63.6 Å². The predicted octanol–water partition coefficient (Wildman–Crippen LogP) is 5.16. The van der Waals surface area contributed by atoms with Crippen molar-refractivity contribution in [3.8, 4) is 22.7 Å². The fourth-order valence-electron chi connectivity index (χ4n) is 5.98. The van der Waals surface area contributed by atoms with Crippen molar-refractivity contribution in [2.24, 2.45) is 11.8 Å². The maximum absolute atomic E-state index is 15.8. The molecule has 10 heteroatoms. The average Bonchev–Trinajstić information content (AvgIpc) is 3.63. The second kappa shape index (κ2) is 9.36. The zero-order valence-electron chi connectivity index (χ0n) is 22.4. The van der Waals surface area contributed by atoms with E-state index in [0.717, 1.165) is 31.2 Å². The van der Waals surface area contributed by atoms with E-state index in [-0.39, 0.29) is 22.9 Å². The van der Waals surface area contributed by atoms with Gasteiger partial charge in [0.05, 0.1) is 28.0 Å². The number of phenols is 1. The molecule has 0 radical (unpaired) electrons. The highest BCUT2D eigenvalue weighted by molar-refractivity contribution is 5.91. The maximum Gasteiger partial charge on any atom is 0.355 e. The van der Waals surface area contributed by atoms with E-state index in [2.05, 4.69) is 31.8 Å². The van der Waals surface area contributed by atoms with Gasteiger partial charge in [0.1, 0.15) is 29.4 Å². The fraction of sp³-hybridized carbons (Fsp3) is 0.414. The summed E-state index contributed by atoms with van der Waals surface area (Å²) < 4.78 is 32.1. The normalized spacial score (nSPS) is 21.0. The summed E-state index contributed by atoms with van der Waals surface area (Å²) in [6.45, 7) is 7.85. The van der Waals surface area contributed by atoms with Crippen LogP contribution in [0.2, 0.25) is 0 Å². The number of halogens is 2. The Bertz CT molecular complexity index is 1670. The molecule has 1 saturated heterocycles. The predicted molar refractivity (Wildman–Crippen MR) is 144 cm³/mol. The minimum atomic E-state index is -0.824. The van der Waals surface area contributed by atoms with Crippen LogP contribution < -0.4 is 10.6 Å². The van der Waals surface area contributed by atoms with Crippen LogP contribution in [0.3, 0.4) is 0 Å². The second-order valence-corrected chi connectivity index (χ2v) is 10.9. The van der Waals surface area contributed by atoms with Crippen LogP contribution in [0.4, 0.5) is 14.6 Å². The molecule has 1 N–H and O–H groups in total. The van der Waals surface area contributed by atoms with Crippen LogP contribution in [-0.2, 0) is 0 Å². The van der Waals surface area contributed by atoms with E-state index in [4.69, 9.17) is 0 Å². The molecule has 6 rings (SSSR count). The Labute approximate surface area is 224 Å². The average molecular weight is 533 g/mol. The molecule has 0 amide bonds. The first-order valence-corrected chi connectivity index (χ1v) is 13.3. The molecule has 1 aromatic carbocycles. The number of aromatic nitrogens is 5. The number of hydrogen-bond acceptors (Lipinski definition) is 7. The van der Waals surface area contributed by atoms with Crippen LogP contribution in [0.25, 0.3) is 28.0 Å². The van der Waals surface area contributed by atoms with Gasteiger partial charge in [0, 0.05) is 12.6 Å². The molecule has 3 aromatic heterocycles. The van der Waals surface area contributed by atoms with E-state index in [9.17, 15) is 14.3 Å². The lowest BCUT2D eigenvalue weighted by atomic mass is 10.0. The van der Waals surface area contributed by atoms with Gasteiger partial charge in [0.25, 0.3) is 0 Å². The number of hydrogen-bond donors (Lipinski definition) is 1. The molecule has 2 aliphatic rings. The van der Waals surface area contributed by atoms with Crippen molar-refractivity contribution in [2.75, 3.05) is 11.4 Å². The molecular weight excluding hydrogens is 502 g/mol. The highest BCUT2D eigenvalue weighted by atomic mass is 19.1. The summed E-state index contributed by atoms with van der Waals surface area (Å²) in [6, 6.07) is 3.90. The van der Waals surface area contributed by atoms with E-state index in [0.29, 0.717) is 46.3 Å². The smallest absolute Gasteiger partial charge is 0.355 e. The summed E-state index contributed by atoms with van der Waals surface area (Å²) in [5.41, 5.74) is 0.513. The summed E-state index contributed by atoms with van der Waals surface area (Å²) in [7, 11) is 0. The van der Waals surface area contributed by atoms with Gasteiger partial charge in [-0.05, 0) is 82.9 Å². The van der Waals surface area contributed by atoms with Gasteiger partial charge >= 0.3 is 5.69 Å². The van der Waals surface area contributed by atoms with Crippen molar-refractivity contribution in [1.29, 1.82) is 0 Å². The fourth-order valence-corrected chi connectivity index (χ4v) is 5.98. The lowest BCUT2D eigenvalue weighted by Crippen LogP contribution is -2.38. The molecular formula is C29H30F2N6O2. The number of anilines is 1. The van der Waals surface area contributed by atoms with Crippen LogP contribution in [0.15, 0.2) is 29.3 Å². The standard InChI is InChI=1S/C29H30F2N6O2/c1-14-5-8-21(30)23(26(14)38)24-22(31)12-20-27(36-10-9-19-11-18(19)7-6-15(36)2)35-29(39)37(28(20)34-24)25-16(3)32-13-33-17(25)4/h5,8,12-13,15,18-19,38H,6-7,9-11H2,1-4H3/t15-,18-,19?/m0/s1. The van der Waals surface area contributed by atoms with Gasteiger partial charge in [0.2, 0.25) is 0 Å². The lowest BCUT2D eigenvalue weighted by Gasteiger charge is -2.33. The van der Waals surface area contributed by atoms with Crippen LogP contribution in [-0.4, -0.2) is 42.2 Å². The number of rotatable bonds is 3. The van der Waals surface area contributed by atoms with E-state index < -0.39 is 23.1 Å². The second-order valence-electron chi connectivity index (χ2n) is 10.9. The SMILES string of the molecule is Cc1ccc(F)c(-c2nc3c(cc2F)c(N2CCC4C[C@@H]4CC[C@@H]2C)nc(=O)n3-c2c(C)ncnc2C)c1O. The number of aryl methyl sites for hydroxylation is 3. The molecule has 1 aliphatic heterocycles. The van der Waals surface area contributed by atoms with Crippen molar-refractivity contribution in [3.63, 3.8) is 0 Å². The minimum absolute atomic E-state index is 0.0852. The first kappa shape index (κ1) is 25.3. The topological polar surface area (TPSA) is 97.0 Å². The van der Waals surface area contributed by atoms with Crippen LogP contribution in [0.1, 0.15) is 49.6 Å². The Hall–Kier alpha value is -3.95. The number of benzene rings is 1. The van der Waals surface area contributed by atoms with Gasteiger partial charge in [-0.3, -0.25) is 0 Å². The maximum atomic E-state index is 15.8. The summed E-state index contributed by atoms with van der Waals surface area (Å²) in [5.74, 6) is -0.247. The molecule has 1 aliphatic carbocycles. The number of pyridine rings is 1. The molecule has 3 atom stereocenters. The minimum Gasteiger partial charge on any atom is -0.507 e. The van der Waals surface area contributed by atoms with Gasteiger partial charge < -0.3 is 10.0 Å². The van der Waals surface area contributed by atoms with Gasteiger partial charge in [-0.15, -0.1) is 0 Å². The summed E-state index contributed by atoms with van der Waals surface area (Å²) in [5, 5.41) is 11.0. The van der Waals surface area contributed by atoms with E-state index in [1.54, 1.807) is 20.8 Å². The quantitative estimate of drug-likeness (QED) is 0.389. The summed E-state index contributed by atoms with van der Waals surface area (Å²) >= 11 is 0. The van der Waals surface area contributed by atoms with Crippen LogP contribution >= 0.6 is 0 Å². The van der Waals surface area contributed by atoms with Crippen molar-refractivity contribution in [2.45, 2.75) is 59.4 Å². The van der Waals surface area contributed by atoms with Crippen molar-refractivity contribution < 1.29 is 13.9 Å². The van der Waals surface area contributed by atoms with Crippen LogP contribution in [0.5, 0.6) is 5.75 Å². The Balaban J connectivity index is 1.67. The van der Waals surface area contributed by atoms with Gasteiger partial charge in [-0.2, -0.15) is 4.98 Å². The summed E-state index contributed by atoms with van der Waals surface area (Å²) in [4.78, 5) is 33.4. The van der Waals surface area contributed by atoms with E-state index in [1.165, 1.54) is 29.4 Å². The zero-order valence-corrected chi connectivity index (χ0v) is 22.4. The summed E-state index contributed by atoms with van der Waals surface area (Å²) in [6.07, 6.45) is 5.65. The van der Waals surface area contributed by atoms with Crippen molar-refractivity contribution >= 4 is 16.9 Å². The van der Waals surface area contributed by atoms with Gasteiger partial charge in [-0.1, -0.05) is 6.07 Å². The number of aromatic hydroxyl groups is 1. The molecule has 202 valence electrons. The molecule has 8 nitrogen and oxygen atoms in total. The Morgan fingerprint density at radius 3 is 2.44 bits per heavy atom. The highest BCUT2D eigenvalue weighted by Gasteiger charge is 2.39. The molecule has 2 fully saturated rings. The molecule has 4 aromatic rings. The zero-order chi connectivity index (χ0) is 27.6. The third-order valence-corrected chi connectivity index (χ3v) is 8.35. The van der Waals surface area contributed by atoms with Crippen molar-refractivity contribution in [1.82, 2.24) is 24.5 Å². The third-order valence-electron chi connectivity index (χ3n) is 8.35. The molecule has 1 unspecified atom stereocenters. The number of nitrogens with zero attached hydrogens (tertiary/aromatic N) is 6. The first-order chi connectivity index (χ1) is 18.7. The monoisotopic (exact) mass is 532 g/mol. The van der Waals surface area contributed by atoms with Gasteiger partial charge in [0.15, 0.2) is 11.5 Å². The Kier molecular flexibility index (Phi) is 6.08. The Morgan fingerprint density at radius 2 is 1.69 bits per heavy atom. The molecule has 39 heavy (non-hydrogen) atoms. The van der Waals surface area contributed by atoms with E-state index >= 15 is 4.39 Å².